The molecule has 2 N–H and O–H groups in total. The molecule has 0 saturated carbocycles. The molecule has 158 valence electrons. The van der Waals surface area contributed by atoms with Gasteiger partial charge in [-0.05, 0) is 56.7 Å². The SMILES string of the molecule is CN1CCC(N(Cc2ccc(F)cc2F)C(=O)NCc2ccc3[nH]ncc3c2)CC1. The van der Waals surface area contributed by atoms with Crippen LogP contribution in [0.3, 0.4) is 0 Å². The van der Waals surface area contributed by atoms with Gasteiger partial charge in [0.1, 0.15) is 11.6 Å². The van der Waals surface area contributed by atoms with E-state index in [0.717, 1.165) is 48.5 Å². The average Bonchev–Trinajstić information content (AvgIpc) is 3.20. The van der Waals surface area contributed by atoms with Crippen LogP contribution in [0.25, 0.3) is 10.9 Å². The number of nitrogens with one attached hydrogen (secondary N) is 2. The summed E-state index contributed by atoms with van der Waals surface area (Å²) >= 11 is 0. The molecule has 1 fully saturated rings. The van der Waals surface area contributed by atoms with Gasteiger partial charge in [0, 0.05) is 29.6 Å². The van der Waals surface area contributed by atoms with Crippen molar-refractivity contribution in [1.82, 2.24) is 25.3 Å². The number of H-pyrrole nitrogens is 1. The number of amides is 2. The molecule has 4 rings (SSSR count). The van der Waals surface area contributed by atoms with Crippen LogP contribution in [-0.2, 0) is 13.1 Å². The Morgan fingerprint density at radius 2 is 2.03 bits per heavy atom. The molecule has 1 aliphatic heterocycles. The Balaban J connectivity index is 1.49. The Bertz CT molecular complexity index is 1030. The average molecular weight is 413 g/mol. The first kappa shape index (κ1) is 20.3. The van der Waals surface area contributed by atoms with E-state index in [4.69, 9.17) is 0 Å². The Morgan fingerprint density at radius 3 is 2.80 bits per heavy atom. The lowest BCUT2D eigenvalue weighted by atomic mass is 10.0. The van der Waals surface area contributed by atoms with Crippen LogP contribution in [0.15, 0.2) is 42.6 Å². The molecule has 30 heavy (non-hydrogen) atoms. The molecule has 1 saturated heterocycles. The second-order valence-electron chi connectivity index (χ2n) is 7.85. The van der Waals surface area contributed by atoms with Crippen molar-refractivity contribution in [3.8, 4) is 0 Å². The second-order valence-corrected chi connectivity index (χ2v) is 7.85. The lowest BCUT2D eigenvalue weighted by Gasteiger charge is -2.37. The summed E-state index contributed by atoms with van der Waals surface area (Å²) in [6, 6.07) is 9.07. The van der Waals surface area contributed by atoms with Gasteiger partial charge < -0.3 is 15.1 Å². The van der Waals surface area contributed by atoms with E-state index < -0.39 is 11.6 Å². The van der Waals surface area contributed by atoms with Crippen LogP contribution in [0, 0.1) is 11.6 Å². The third kappa shape index (κ3) is 4.59. The lowest BCUT2D eigenvalue weighted by Crippen LogP contribution is -2.49. The van der Waals surface area contributed by atoms with Crippen LogP contribution in [0.2, 0.25) is 0 Å². The van der Waals surface area contributed by atoms with Crippen molar-refractivity contribution < 1.29 is 13.6 Å². The Morgan fingerprint density at radius 1 is 1.23 bits per heavy atom. The molecule has 0 spiro atoms. The molecule has 1 aromatic heterocycles. The number of aromatic amines is 1. The normalized spacial score (nSPS) is 15.4. The number of urea groups is 1. The highest BCUT2D eigenvalue weighted by molar-refractivity contribution is 5.79. The van der Waals surface area contributed by atoms with E-state index in [2.05, 4.69) is 20.4 Å². The largest absolute Gasteiger partial charge is 0.334 e. The van der Waals surface area contributed by atoms with Crippen LogP contribution >= 0.6 is 0 Å². The molecule has 2 aromatic carbocycles. The third-order valence-electron chi connectivity index (χ3n) is 5.69. The summed E-state index contributed by atoms with van der Waals surface area (Å²) in [5.41, 5.74) is 2.20. The highest BCUT2D eigenvalue weighted by atomic mass is 19.1. The summed E-state index contributed by atoms with van der Waals surface area (Å²) < 4.78 is 27.5. The molecule has 2 amide bonds. The molecule has 0 unspecified atom stereocenters. The van der Waals surface area contributed by atoms with Crippen molar-refractivity contribution in [2.45, 2.75) is 32.0 Å². The fourth-order valence-corrected chi connectivity index (χ4v) is 3.89. The standard InChI is InChI=1S/C22H25F2N5O/c1-28-8-6-19(7-9-28)29(14-16-3-4-18(23)11-20(16)24)22(30)25-12-15-2-5-21-17(10-15)13-26-27-21/h2-5,10-11,13,19H,6-9,12,14H2,1H3,(H,25,30)(H,26,27). The van der Waals surface area contributed by atoms with Crippen LogP contribution in [0.1, 0.15) is 24.0 Å². The smallest absolute Gasteiger partial charge is 0.318 e. The van der Waals surface area contributed by atoms with Gasteiger partial charge in [-0.3, -0.25) is 5.10 Å². The van der Waals surface area contributed by atoms with Gasteiger partial charge >= 0.3 is 6.03 Å². The van der Waals surface area contributed by atoms with Crippen molar-refractivity contribution in [2.24, 2.45) is 0 Å². The first-order chi connectivity index (χ1) is 14.5. The highest BCUT2D eigenvalue weighted by Crippen LogP contribution is 2.21. The van der Waals surface area contributed by atoms with Crippen LogP contribution < -0.4 is 5.32 Å². The maximum absolute atomic E-state index is 14.3. The lowest BCUT2D eigenvalue weighted by molar-refractivity contribution is 0.126. The van der Waals surface area contributed by atoms with Gasteiger partial charge in [0.2, 0.25) is 0 Å². The van der Waals surface area contributed by atoms with Gasteiger partial charge in [0.15, 0.2) is 0 Å². The quantitative estimate of drug-likeness (QED) is 0.671. The van der Waals surface area contributed by atoms with E-state index in [-0.39, 0.29) is 18.6 Å². The minimum Gasteiger partial charge on any atom is -0.334 e. The number of hydrogen-bond acceptors (Lipinski definition) is 3. The van der Waals surface area contributed by atoms with E-state index in [1.165, 1.54) is 12.1 Å². The molecule has 0 radical (unpaired) electrons. The van der Waals surface area contributed by atoms with E-state index in [9.17, 15) is 13.6 Å². The molecule has 6 nitrogen and oxygen atoms in total. The zero-order valence-electron chi connectivity index (χ0n) is 16.9. The topological polar surface area (TPSA) is 64.3 Å². The number of benzene rings is 2. The fourth-order valence-electron chi connectivity index (χ4n) is 3.89. The van der Waals surface area contributed by atoms with E-state index in [1.807, 2.05) is 25.2 Å². The minimum absolute atomic E-state index is 0.00186. The van der Waals surface area contributed by atoms with Crippen LogP contribution in [-0.4, -0.2) is 52.2 Å². The molecule has 3 aromatic rings. The molecule has 1 aliphatic rings. The first-order valence-electron chi connectivity index (χ1n) is 10.1. The van der Waals surface area contributed by atoms with Crippen molar-refractivity contribution in [3.05, 3.63) is 65.4 Å². The number of fused-ring (bicyclic) bond motifs is 1. The van der Waals surface area contributed by atoms with Gasteiger partial charge in [0.25, 0.3) is 0 Å². The van der Waals surface area contributed by atoms with Gasteiger partial charge in [-0.15, -0.1) is 0 Å². The highest BCUT2D eigenvalue weighted by Gasteiger charge is 2.27. The summed E-state index contributed by atoms with van der Waals surface area (Å²) in [4.78, 5) is 17.0. The zero-order chi connectivity index (χ0) is 21.1. The molecule has 0 atom stereocenters. The maximum Gasteiger partial charge on any atom is 0.318 e. The Labute approximate surface area is 173 Å². The van der Waals surface area contributed by atoms with Gasteiger partial charge in [-0.25, -0.2) is 13.6 Å². The van der Waals surface area contributed by atoms with Gasteiger partial charge in [0.05, 0.1) is 18.3 Å². The molecular formula is C22H25F2N5O. The minimum atomic E-state index is -0.633. The van der Waals surface area contributed by atoms with Crippen molar-refractivity contribution in [2.75, 3.05) is 20.1 Å². The predicted molar refractivity (Wildman–Crippen MR) is 111 cm³/mol. The first-order valence-corrected chi connectivity index (χ1v) is 10.1. The number of carbonyl (C=O) groups is 1. The van der Waals surface area contributed by atoms with Crippen LogP contribution in [0.4, 0.5) is 13.6 Å². The monoisotopic (exact) mass is 413 g/mol. The summed E-state index contributed by atoms with van der Waals surface area (Å²) in [5, 5.41) is 10.8. The van der Waals surface area contributed by atoms with Crippen molar-refractivity contribution in [1.29, 1.82) is 0 Å². The summed E-state index contributed by atoms with van der Waals surface area (Å²) in [6.07, 6.45) is 3.37. The number of rotatable bonds is 5. The molecule has 2 heterocycles. The Hall–Kier alpha value is -3.00. The maximum atomic E-state index is 14.3. The molecular weight excluding hydrogens is 388 g/mol. The van der Waals surface area contributed by atoms with Crippen molar-refractivity contribution in [3.63, 3.8) is 0 Å². The number of hydrogen-bond donors (Lipinski definition) is 2. The number of aromatic nitrogens is 2. The van der Waals surface area contributed by atoms with E-state index >= 15 is 0 Å². The molecule has 8 heteroatoms. The zero-order valence-corrected chi connectivity index (χ0v) is 16.9. The fraction of sp³-hybridized carbons (Fsp3) is 0.364. The summed E-state index contributed by atoms with van der Waals surface area (Å²) in [5.74, 6) is -1.26. The number of halogens is 2. The van der Waals surface area contributed by atoms with Crippen LogP contribution in [0.5, 0.6) is 0 Å². The predicted octanol–water partition coefficient (Wildman–Crippen LogP) is 3.65. The third-order valence-corrected chi connectivity index (χ3v) is 5.69. The van der Waals surface area contributed by atoms with E-state index in [0.29, 0.717) is 12.1 Å². The summed E-state index contributed by atoms with van der Waals surface area (Å²) in [7, 11) is 2.05. The van der Waals surface area contributed by atoms with Crippen molar-refractivity contribution >= 4 is 16.9 Å². The number of nitrogens with zero attached hydrogens (tertiary/aromatic N) is 3. The second kappa shape index (κ2) is 8.79. The molecule has 0 aliphatic carbocycles. The summed E-state index contributed by atoms with van der Waals surface area (Å²) in [6.45, 7) is 2.21. The number of piperidine rings is 1. The number of carbonyl (C=O) groups excluding carboxylic acids is 1. The molecule has 0 bridgehead atoms. The number of likely N-dealkylation sites (tertiary alicyclic amines) is 1. The Kier molecular flexibility index (Phi) is 5.94. The van der Waals surface area contributed by atoms with Gasteiger partial charge in [-0.1, -0.05) is 12.1 Å². The van der Waals surface area contributed by atoms with Gasteiger partial charge in [-0.2, -0.15) is 5.10 Å². The van der Waals surface area contributed by atoms with E-state index in [1.54, 1.807) is 11.1 Å².